The molecule has 0 spiro atoms. The van der Waals surface area contributed by atoms with Crippen molar-refractivity contribution in [2.24, 2.45) is 0 Å². The highest BCUT2D eigenvalue weighted by molar-refractivity contribution is 7.80. The molecule has 2 nitrogen and oxygen atoms in total. The molecule has 0 saturated heterocycles. The predicted molar refractivity (Wildman–Crippen MR) is 60.0 cm³/mol. The fraction of sp³-hybridized carbons (Fsp3) is 0. The van der Waals surface area contributed by atoms with Gasteiger partial charge in [0.25, 0.3) is 0 Å². The zero-order valence-corrected chi connectivity index (χ0v) is 8.16. The van der Waals surface area contributed by atoms with E-state index in [-0.39, 0.29) is 5.66 Å². The first-order valence-electron chi connectivity index (χ1n) is 3.98. The fourth-order valence-electron chi connectivity index (χ4n) is 1.17. The minimum absolute atomic E-state index is 0.143. The minimum atomic E-state index is 0.143. The summed E-state index contributed by atoms with van der Waals surface area (Å²) in [7, 11) is 11.1. The lowest BCUT2D eigenvalue weighted by Crippen LogP contribution is -2.22. The second-order valence-electron chi connectivity index (χ2n) is 2.86. The van der Waals surface area contributed by atoms with Crippen molar-refractivity contribution in [1.82, 2.24) is 5.16 Å². The lowest BCUT2D eigenvalue weighted by molar-refractivity contribution is 0.449. The van der Waals surface area contributed by atoms with Crippen molar-refractivity contribution >= 4 is 39.4 Å². The van der Waals surface area contributed by atoms with Crippen molar-refractivity contribution in [1.29, 1.82) is 0 Å². The van der Waals surface area contributed by atoms with E-state index in [1.807, 2.05) is 24.3 Å². The third-order valence-corrected chi connectivity index (χ3v) is 2.15. The van der Waals surface area contributed by atoms with Crippen LogP contribution in [0.2, 0.25) is 0 Å². The monoisotopic (exact) mass is 197 g/mol. The number of benzene rings is 1. The van der Waals surface area contributed by atoms with Gasteiger partial charge in [0, 0.05) is 10.5 Å². The van der Waals surface area contributed by atoms with Gasteiger partial charge in [-0.05, 0) is 17.6 Å². The Kier molecular flexibility index (Phi) is 2.42. The molecule has 0 unspecified atom stereocenters. The van der Waals surface area contributed by atoms with Crippen LogP contribution in [0.5, 0.6) is 0 Å². The van der Waals surface area contributed by atoms with Crippen LogP contribution in [0, 0.1) is 0 Å². The van der Waals surface area contributed by atoms with Crippen molar-refractivity contribution in [3.05, 3.63) is 24.3 Å². The second-order valence-corrected chi connectivity index (χ2v) is 3.38. The molecule has 1 heterocycles. The molecule has 64 valence electrons. The summed E-state index contributed by atoms with van der Waals surface area (Å²) < 4.78 is 4.77. The molecule has 0 aliphatic rings. The molecule has 5 heteroatoms. The smallest absolute Gasteiger partial charge is 0.170 e. The first-order chi connectivity index (χ1) is 6.68. The van der Waals surface area contributed by atoms with Gasteiger partial charge in [0.05, 0.1) is 5.66 Å². The van der Waals surface area contributed by atoms with Gasteiger partial charge in [-0.2, -0.15) is 0 Å². The van der Waals surface area contributed by atoms with Crippen molar-refractivity contribution in [2.75, 3.05) is 0 Å². The molecule has 0 fully saturated rings. The van der Waals surface area contributed by atoms with Gasteiger partial charge >= 0.3 is 0 Å². The summed E-state index contributed by atoms with van der Waals surface area (Å²) in [6.07, 6.45) is 0. The maximum atomic E-state index is 5.68. The van der Waals surface area contributed by atoms with Crippen LogP contribution in [0.15, 0.2) is 33.7 Å². The van der Waals surface area contributed by atoms with Crippen LogP contribution in [0.4, 0.5) is 0 Å². The summed E-state index contributed by atoms with van der Waals surface area (Å²) in [5.41, 5.74) is 1.90. The quantitative estimate of drug-likeness (QED) is 0.522. The first-order valence-corrected chi connectivity index (χ1v) is 4.43. The van der Waals surface area contributed by atoms with Crippen LogP contribution < -0.4 is 11.1 Å². The number of hydrogen-bond donors (Lipinski definition) is 1. The Morgan fingerprint density at radius 3 is 2.64 bits per heavy atom. The van der Waals surface area contributed by atoms with Crippen molar-refractivity contribution < 1.29 is 4.52 Å². The number of thiol groups is 1. The third kappa shape index (κ3) is 1.60. The Morgan fingerprint density at radius 1 is 1.29 bits per heavy atom. The Hall–Kier alpha value is -1.09. The van der Waals surface area contributed by atoms with E-state index in [4.69, 9.17) is 20.2 Å². The normalized spacial score (nSPS) is 10.4. The molecule has 14 heavy (non-hydrogen) atoms. The molecule has 2 aromatic rings. The Morgan fingerprint density at radius 2 is 2.07 bits per heavy atom. The van der Waals surface area contributed by atoms with E-state index < -0.39 is 0 Å². The topological polar surface area (TPSA) is 26.0 Å². The minimum Gasteiger partial charge on any atom is -0.374 e. The lowest BCUT2D eigenvalue weighted by atomic mass is 9.84. The molecule has 0 aliphatic carbocycles. The van der Waals surface area contributed by atoms with E-state index in [1.165, 1.54) is 0 Å². The lowest BCUT2D eigenvalue weighted by Gasteiger charge is -1.98. The molecule has 0 bridgehead atoms. The number of nitrogens with zero attached hydrogens (tertiary/aromatic N) is 1. The van der Waals surface area contributed by atoms with Gasteiger partial charge in [-0.1, -0.05) is 17.3 Å². The van der Waals surface area contributed by atoms with E-state index in [0.29, 0.717) is 11.2 Å². The molecule has 1 aromatic heterocycles. The van der Waals surface area contributed by atoms with Gasteiger partial charge in [0.15, 0.2) is 7.85 Å². The number of hydrogen-bond acceptors (Lipinski definition) is 3. The van der Waals surface area contributed by atoms with Crippen LogP contribution in [-0.4, -0.2) is 20.8 Å². The standard InChI is InChI=1S/C9H5B2NOS/c10-7-8(12-13-9(7)11)5-2-1-3-6(14)4-5/h1-4,14H. The second kappa shape index (κ2) is 3.58. The largest absolute Gasteiger partial charge is 0.374 e. The highest BCUT2D eigenvalue weighted by Gasteiger charge is 2.08. The summed E-state index contributed by atoms with van der Waals surface area (Å²) in [6, 6.07) is 7.44. The Labute approximate surface area is 89.9 Å². The molecule has 0 aliphatic heterocycles. The van der Waals surface area contributed by atoms with Gasteiger partial charge in [0.1, 0.15) is 13.5 Å². The molecule has 0 N–H and O–H groups in total. The molecule has 0 atom stereocenters. The summed E-state index contributed by atoms with van der Waals surface area (Å²) in [6.45, 7) is 0. The van der Waals surface area contributed by atoms with Crippen LogP contribution in [0.1, 0.15) is 0 Å². The average molecular weight is 197 g/mol. The maximum absolute atomic E-state index is 5.68. The molecule has 0 saturated carbocycles. The third-order valence-electron chi connectivity index (χ3n) is 1.88. The molecule has 1 aromatic carbocycles. The molecule has 0 amide bonds. The molecular formula is C9H5B2NOS. The molecule has 2 rings (SSSR count). The van der Waals surface area contributed by atoms with Crippen LogP contribution in [-0.2, 0) is 0 Å². The van der Waals surface area contributed by atoms with E-state index in [1.54, 1.807) is 0 Å². The average Bonchev–Trinajstić information content (AvgIpc) is 2.48. The van der Waals surface area contributed by atoms with Gasteiger partial charge < -0.3 is 4.52 Å². The van der Waals surface area contributed by atoms with Crippen LogP contribution >= 0.6 is 12.6 Å². The fourth-order valence-corrected chi connectivity index (χ4v) is 1.40. The van der Waals surface area contributed by atoms with Crippen molar-refractivity contribution in [3.63, 3.8) is 0 Å². The number of aromatic nitrogens is 1. The SMILES string of the molecule is [B]c1onc(-c2cccc(S)c2)c1[B]. The van der Waals surface area contributed by atoms with Gasteiger partial charge in [-0.15, -0.1) is 12.6 Å². The summed E-state index contributed by atoms with van der Waals surface area (Å²) in [4.78, 5) is 0.837. The van der Waals surface area contributed by atoms with E-state index >= 15 is 0 Å². The van der Waals surface area contributed by atoms with E-state index in [9.17, 15) is 0 Å². The predicted octanol–water partition coefficient (Wildman–Crippen LogP) is 0.218. The summed E-state index contributed by atoms with van der Waals surface area (Å²) >= 11 is 4.21. The number of rotatable bonds is 1. The molecule has 4 radical (unpaired) electrons. The van der Waals surface area contributed by atoms with Crippen LogP contribution in [0.3, 0.4) is 0 Å². The van der Waals surface area contributed by atoms with Crippen molar-refractivity contribution in [3.8, 4) is 11.3 Å². The van der Waals surface area contributed by atoms with Gasteiger partial charge in [0.2, 0.25) is 0 Å². The molecular weight excluding hydrogens is 192 g/mol. The zero-order chi connectivity index (χ0) is 10.1. The Balaban J connectivity index is 2.55. The van der Waals surface area contributed by atoms with E-state index in [2.05, 4.69) is 17.8 Å². The Bertz CT molecular complexity index is 470. The maximum Gasteiger partial charge on any atom is 0.170 e. The first kappa shape index (κ1) is 9.46. The van der Waals surface area contributed by atoms with Gasteiger partial charge in [-0.25, -0.2) is 0 Å². The summed E-state index contributed by atoms with van der Waals surface area (Å²) in [5.74, 6) is 0. The summed E-state index contributed by atoms with van der Waals surface area (Å²) in [5, 5.41) is 3.77. The van der Waals surface area contributed by atoms with E-state index in [0.717, 1.165) is 10.5 Å². The zero-order valence-electron chi connectivity index (χ0n) is 7.27. The van der Waals surface area contributed by atoms with Crippen LogP contribution in [0.25, 0.3) is 11.3 Å². The highest BCUT2D eigenvalue weighted by atomic mass is 32.1. The van der Waals surface area contributed by atoms with Gasteiger partial charge in [-0.3, -0.25) is 0 Å². The highest BCUT2D eigenvalue weighted by Crippen LogP contribution is 2.17. The van der Waals surface area contributed by atoms with Crippen molar-refractivity contribution in [2.45, 2.75) is 4.90 Å².